The highest BCUT2D eigenvalue weighted by atomic mass is 19.4. The van der Waals surface area contributed by atoms with Crippen LogP contribution in [0.25, 0.3) is 0 Å². The maximum Gasteiger partial charge on any atom is 0.493 e. The van der Waals surface area contributed by atoms with Gasteiger partial charge in [0.1, 0.15) is 0 Å². The molecule has 1 saturated heterocycles. The monoisotopic (exact) mass is 273 g/mol. The first-order valence-electron chi connectivity index (χ1n) is 6.06. The summed E-state index contributed by atoms with van der Waals surface area (Å²) in [5, 5.41) is 0. The number of nitrogens with zero attached hydrogens (tertiary/aromatic N) is 1. The molecule has 0 unspecified atom stereocenters. The zero-order chi connectivity index (χ0) is 13.9. The molecule has 1 aliphatic rings. The lowest BCUT2D eigenvalue weighted by Crippen LogP contribution is -2.43. The van der Waals surface area contributed by atoms with E-state index >= 15 is 0 Å². The number of rotatable bonds is 1. The molecule has 0 aliphatic carbocycles. The lowest BCUT2D eigenvalue weighted by Gasteiger charge is -2.24. The van der Waals surface area contributed by atoms with Crippen molar-refractivity contribution in [3.05, 3.63) is 29.8 Å². The molecule has 0 amide bonds. The average molecular weight is 273 g/mol. The fraction of sp³-hybridized carbons (Fsp3) is 0.500. The molecule has 0 atom stereocenters. The maximum atomic E-state index is 12.5. The van der Waals surface area contributed by atoms with Gasteiger partial charge in [0.25, 0.3) is 0 Å². The first-order chi connectivity index (χ1) is 8.97. The molecule has 1 aromatic carbocycles. The molecule has 1 heterocycles. The standard InChI is InChI=1S/C12H15BF3NO2/c1-17-6-8-18-13(19-9-7-17)11-4-2-10(3-5-11)12(14,15)16/h2-5H,6-9H2,1H3. The molecular formula is C12H15BF3NO2. The molecule has 0 saturated carbocycles. The van der Waals surface area contributed by atoms with Gasteiger partial charge in [-0.25, -0.2) is 0 Å². The number of halogens is 3. The van der Waals surface area contributed by atoms with Crippen molar-refractivity contribution in [2.75, 3.05) is 33.4 Å². The molecule has 1 aromatic rings. The molecule has 1 fully saturated rings. The van der Waals surface area contributed by atoms with E-state index in [2.05, 4.69) is 4.90 Å². The van der Waals surface area contributed by atoms with Crippen LogP contribution in [0.3, 0.4) is 0 Å². The lowest BCUT2D eigenvalue weighted by atomic mass is 9.78. The topological polar surface area (TPSA) is 21.7 Å². The summed E-state index contributed by atoms with van der Waals surface area (Å²) in [6.45, 7) is 2.53. The van der Waals surface area contributed by atoms with Crippen molar-refractivity contribution < 1.29 is 22.5 Å². The van der Waals surface area contributed by atoms with Gasteiger partial charge in [-0.3, -0.25) is 0 Å². The van der Waals surface area contributed by atoms with Crippen molar-refractivity contribution in [2.24, 2.45) is 0 Å². The van der Waals surface area contributed by atoms with Crippen LogP contribution in [0, 0.1) is 0 Å². The molecular weight excluding hydrogens is 258 g/mol. The van der Waals surface area contributed by atoms with Crippen molar-refractivity contribution in [3.63, 3.8) is 0 Å². The van der Waals surface area contributed by atoms with Crippen LogP contribution in [-0.4, -0.2) is 45.4 Å². The molecule has 104 valence electrons. The Morgan fingerprint density at radius 2 is 1.58 bits per heavy atom. The van der Waals surface area contributed by atoms with E-state index in [1.165, 1.54) is 12.1 Å². The van der Waals surface area contributed by atoms with Gasteiger partial charge in [0.2, 0.25) is 0 Å². The third-order valence-corrected chi connectivity index (χ3v) is 2.99. The Balaban J connectivity index is 2.05. The number of hydrogen-bond acceptors (Lipinski definition) is 3. The highest BCUT2D eigenvalue weighted by Gasteiger charge is 2.31. The second-order valence-electron chi connectivity index (χ2n) is 4.50. The second kappa shape index (κ2) is 5.94. The van der Waals surface area contributed by atoms with E-state index in [9.17, 15) is 13.2 Å². The Morgan fingerprint density at radius 3 is 2.05 bits per heavy atom. The zero-order valence-corrected chi connectivity index (χ0v) is 10.6. The predicted molar refractivity (Wildman–Crippen MR) is 66.2 cm³/mol. The van der Waals surface area contributed by atoms with Crippen LogP contribution < -0.4 is 5.46 Å². The quantitative estimate of drug-likeness (QED) is 0.721. The molecule has 0 bridgehead atoms. The molecule has 1 aliphatic heterocycles. The Kier molecular flexibility index (Phi) is 4.49. The van der Waals surface area contributed by atoms with E-state index in [-0.39, 0.29) is 0 Å². The van der Waals surface area contributed by atoms with E-state index in [4.69, 9.17) is 9.31 Å². The van der Waals surface area contributed by atoms with E-state index in [1.807, 2.05) is 7.05 Å². The van der Waals surface area contributed by atoms with Gasteiger partial charge in [0, 0.05) is 26.3 Å². The number of hydrogen-bond donors (Lipinski definition) is 0. The van der Waals surface area contributed by atoms with Crippen LogP contribution >= 0.6 is 0 Å². The Labute approximate surface area is 110 Å². The van der Waals surface area contributed by atoms with Crippen molar-refractivity contribution in [1.82, 2.24) is 4.90 Å². The Hall–Kier alpha value is -1.05. The summed E-state index contributed by atoms with van der Waals surface area (Å²) in [5.41, 5.74) is -0.0561. The number of benzene rings is 1. The summed E-state index contributed by atoms with van der Waals surface area (Å²) in [7, 11) is 1.38. The van der Waals surface area contributed by atoms with Crippen LogP contribution in [0.4, 0.5) is 13.2 Å². The average Bonchev–Trinajstić information content (AvgIpc) is 2.33. The summed E-state index contributed by atoms with van der Waals surface area (Å²) >= 11 is 0. The SMILES string of the molecule is CN1CCOB(c2ccc(C(F)(F)F)cc2)OCC1. The van der Waals surface area contributed by atoms with Gasteiger partial charge in [-0.2, -0.15) is 13.2 Å². The molecule has 7 heteroatoms. The van der Waals surface area contributed by atoms with E-state index in [0.29, 0.717) is 18.7 Å². The highest BCUT2D eigenvalue weighted by molar-refractivity contribution is 6.61. The molecule has 19 heavy (non-hydrogen) atoms. The maximum absolute atomic E-state index is 12.5. The molecule has 0 spiro atoms. The molecule has 0 aromatic heterocycles. The minimum absolute atomic E-state index is 0.488. The third kappa shape index (κ3) is 3.96. The number of alkyl halides is 3. The highest BCUT2D eigenvalue weighted by Crippen LogP contribution is 2.28. The largest absolute Gasteiger partial charge is 0.493 e. The van der Waals surface area contributed by atoms with Crippen molar-refractivity contribution in [3.8, 4) is 0 Å². The van der Waals surface area contributed by atoms with Gasteiger partial charge in [-0.1, -0.05) is 24.3 Å². The minimum atomic E-state index is -4.32. The fourth-order valence-electron chi connectivity index (χ4n) is 1.81. The molecule has 0 radical (unpaired) electrons. The van der Waals surface area contributed by atoms with Crippen LogP contribution in [0.15, 0.2) is 24.3 Å². The smallest absolute Gasteiger partial charge is 0.406 e. The third-order valence-electron chi connectivity index (χ3n) is 2.99. The summed E-state index contributed by atoms with van der Waals surface area (Å²) in [6, 6.07) is 4.90. The van der Waals surface area contributed by atoms with Gasteiger partial charge >= 0.3 is 13.3 Å². The molecule has 3 nitrogen and oxygen atoms in total. The van der Waals surface area contributed by atoms with Gasteiger partial charge in [0.15, 0.2) is 0 Å². The van der Waals surface area contributed by atoms with E-state index in [0.717, 1.165) is 25.2 Å². The van der Waals surface area contributed by atoms with Crippen LogP contribution in [-0.2, 0) is 15.5 Å². The Morgan fingerprint density at radius 1 is 1.05 bits per heavy atom. The van der Waals surface area contributed by atoms with Crippen LogP contribution in [0.5, 0.6) is 0 Å². The van der Waals surface area contributed by atoms with Gasteiger partial charge < -0.3 is 14.2 Å². The Bertz CT molecular complexity index is 400. The van der Waals surface area contributed by atoms with Crippen molar-refractivity contribution in [1.29, 1.82) is 0 Å². The lowest BCUT2D eigenvalue weighted by molar-refractivity contribution is -0.137. The van der Waals surface area contributed by atoms with Gasteiger partial charge in [0.05, 0.1) is 5.56 Å². The van der Waals surface area contributed by atoms with Crippen LogP contribution in [0.2, 0.25) is 0 Å². The second-order valence-corrected chi connectivity index (χ2v) is 4.50. The fourth-order valence-corrected chi connectivity index (χ4v) is 1.81. The van der Waals surface area contributed by atoms with Crippen molar-refractivity contribution >= 4 is 12.6 Å². The normalized spacial score (nSPS) is 19.1. The summed E-state index contributed by atoms with van der Waals surface area (Å²) in [4.78, 5) is 2.07. The summed E-state index contributed by atoms with van der Waals surface area (Å²) < 4.78 is 48.4. The van der Waals surface area contributed by atoms with Gasteiger partial charge in [-0.15, -0.1) is 0 Å². The van der Waals surface area contributed by atoms with E-state index < -0.39 is 18.9 Å². The first kappa shape index (κ1) is 14.4. The molecule has 2 rings (SSSR count). The summed E-state index contributed by atoms with van der Waals surface area (Å²) in [5.74, 6) is 0. The number of likely N-dealkylation sites (N-methyl/N-ethyl adjacent to an activating group) is 1. The molecule has 0 N–H and O–H groups in total. The first-order valence-corrected chi connectivity index (χ1v) is 6.06. The van der Waals surface area contributed by atoms with E-state index in [1.54, 1.807) is 0 Å². The van der Waals surface area contributed by atoms with Crippen molar-refractivity contribution in [2.45, 2.75) is 6.18 Å². The zero-order valence-electron chi connectivity index (χ0n) is 10.6. The van der Waals surface area contributed by atoms with Gasteiger partial charge in [-0.05, 0) is 12.5 Å². The predicted octanol–water partition coefficient (Wildman–Crippen LogP) is 1.38. The van der Waals surface area contributed by atoms with Crippen LogP contribution in [0.1, 0.15) is 5.56 Å². The minimum Gasteiger partial charge on any atom is -0.406 e. The summed E-state index contributed by atoms with van der Waals surface area (Å²) in [6.07, 6.45) is -4.32.